The zero-order valence-corrected chi connectivity index (χ0v) is 15.4. The van der Waals surface area contributed by atoms with Crippen LogP contribution < -0.4 is 11.1 Å². The summed E-state index contributed by atoms with van der Waals surface area (Å²) in [5.41, 5.74) is 6.42. The molecule has 4 amide bonds. The Morgan fingerprint density at radius 3 is 2.60 bits per heavy atom. The van der Waals surface area contributed by atoms with Crippen molar-refractivity contribution in [3.05, 3.63) is 33.8 Å². The highest BCUT2D eigenvalue weighted by molar-refractivity contribution is 6.42. The molecule has 1 heterocycles. The van der Waals surface area contributed by atoms with Crippen LogP contribution in [0.2, 0.25) is 10.0 Å². The number of amides is 4. The average Bonchev–Trinajstić information content (AvgIpc) is 3.40. The molecule has 6 nitrogen and oxygen atoms in total. The summed E-state index contributed by atoms with van der Waals surface area (Å²) in [6.45, 7) is 1.58. The van der Waals surface area contributed by atoms with E-state index in [-0.39, 0.29) is 24.1 Å². The van der Waals surface area contributed by atoms with E-state index < -0.39 is 0 Å². The number of likely N-dealkylation sites (tertiary alicyclic amines) is 1. The van der Waals surface area contributed by atoms with Gasteiger partial charge in [-0.1, -0.05) is 29.3 Å². The van der Waals surface area contributed by atoms with Crippen molar-refractivity contribution in [1.82, 2.24) is 15.1 Å². The Labute approximate surface area is 157 Å². The molecule has 1 aliphatic carbocycles. The van der Waals surface area contributed by atoms with Gasteiger partial charge in [0, 0.05) is 25.7 Å². The van der Waals surface area contributed by atoms with Crippen LogP contribution in [0.1, 0.15) is 31.2 Å². The van der Waals surface area contributed by atoms with Gasteiger partial charge in [-0.2, -0.15) is 0 Å². The molecule has 0 aromatic heterocycles. The maximum absolute atomic E-state index is 12.5. The normalized spacial score (nSPS) is 20.2. The van der Waals surface area contributed by atoms with Crippen LogP contribution in [0.25, 0.3) is 0 Å². The molecule has 8 heteroatoms. The molecule has 2 fully saturated rings. The number of benzene rings is 1. The van der Waals surface area contributed by atoms with Gasteiger partial charge in [0.1, 0.15) is 0 Å². The molecule has 1 aliphatic heterocycles. The first-order chi connectivity index (χ1) is 12.0. The van der Waals surface area contributed by atoms with Crippen LogP contribution in [0.3, 0.4) is 0 Å². The lowest BCUT2D eigenvalue weighted by molar-refractivity contribution is 0.119. The van der Waals surface area contributed by atoms with Crippen LogP contribution >= 0.6 is 23.2 Å². The number of nitrogens with zero attached hydrogens (tertiary/aromatic N) is 2. The first-order valence-electron chi connectivity index (χ1n) is 8.50. The van der Waals surface area contributed by atoms with Crippen molar-refractivity contribution in [1.29, 1.82) is 0 Å². The van der Waals surface area contributed by atoms with Gasteiger partial charge in [0.05, 0.1) is 16.1 Å². The quantitative estimate of drug-likeness (QED) is 0.835. The summed E-state index contributed by atoms with van der Waals surface area (Å²) >= 11 is 11.9. The average molecular weight is 385 g/mol. The summed E-state index contributed by atoms with van der Waals surface area (Å²) in [6.07, 6.45) is 3.75. The number of halogens is 2. The van der Waals surface area contributed by atoms with Crippen molar-refractivity contribution in [2.75, 3.05) is 13.1 Å². The number of hydrogen-bond donors (Lipinski definition) is 2. The van der Waals surface area contributed by atoms with E-state index in [1.54, 1.807) is 21.9 Å². The van der Waals surface area contributed by atoms with Crippen molar-refractivity contribution < 1.29 is 9.59 Å². The number of carbonyl (C=O) groups excluding carboxylic acids is 2. The summed E-state index contributed by atoms with van der Waals surface area (Å²) in [6, 6.07) is 5.01. The molecule has 1 saturated heterocycles. The fourth-order valence-electron chi connectivity index (χ4n) is 3.32. The third kappa shape index (κ3) is 4.50. The predicted octanol–water partition coefficient (Wildman–Crippen LogP) is 3.21. The molecular weight excluding hydrogens is 363 g/mol. The van der Waals surface area contributed by atoms with Crippen LogP contribution in [-0.2, 0) is 6.54 Å². The summed E-state index contributed by atoms with van der Waals surface area (Å²) < 4.78 is 0. The number of primary amides is 1. The smallest absolute Gasteiger partial charge is 0.317 e. The number of urea groups is 2. The van der Waals surface area contributed by atoms with Gasteiger partial charge in [0.2, 0.25) is 0 Å². The molecule has 2 aliphatic rings. The molecular formula is C17H22Cl2N4O2. The van der Waals surface area contributed by atoms with E-state index in [2.05, 4.69) is 5.32 Å². The van der Waals surface area contributed by atoms with Crippen LogP contribution in [0.5, 0.6) is 0 Å². The third-order valence-corrected chi connectivity index (χ3v) is 5.44. The molecule has 25 heavy (non-hydrogen) atoms. The maximum Gasteiger partial charge on any atom is 0.317 e. The third-order valence-electron chi connectivity index (χ3n) is 4.70. The highest BCUT2D eigenvalue weighted by Gasteiger charge is 2.38. The monoisotopic (exact) mass is 384 g/mol. The Bertz CT molecular complexity index is 666. The minimum atomic E-state index is -0.384. The summed E-state index contributed by atoms with van der Waals surface area (Å²) in [5, 5.41) is 3.85. The predicted molar refractivity (Wildman–Crippen MR) is 97.7 cm³/mol. The summed E-state index contributed by atoms with van der Waals surface area (Å²) in [5.74, 6) is 0. The highest BCUT2D eigenvalue weighted by atomic mass is 35.5. The van der Waals surface area contributed by atoms with Crippen LogP contribution in [0.4, 0.5) is 9.59 Å². The van der Waals surface area contributed by atoms with Gasteiger partial charge in [-0.3, -0.25) is 0 Å². The molecule has 1 atom stereocenters. The Kier molecular flexibility index (Phi) is 5.59. The Morgan fingerprint density at radius 1 is 1.20 bits per heavy atom. The number of rotatable bonds is 4. The van der Waals surface area contributed by atoms with Crippen molar-refractivity contribution in [2.45, 2.75) is 44.3 Å². The van der Waals surface area contributed by atoms with E-state index in [0.29, 0.717) is 29.7 Å². The Morgan fingerprint density at radius 2 is 1.96 bits per heavy atom. The van der Waals surface area contributed by atoms with Crippen LogP contribution in [-0.4, -0.2) is 47.0 Å². The first kappa shape index (κ1) is 18.1. The zero-order chi connectivity index (χ0) is 18.0. The number of nitrogens with one attached hydrogen (secondary N) is 1. The zero-order valence-electron chi connectivity index (χ0n) is 13.9. The van der Waals surface area contributed by atoms with Crippen molar-refractivity contribution in [3.63, 3.8) is 0 Å². The van der Waals surface area contributed by atoms with Gasteiger partial charge < -0.3 is 20.9 Å². The second kappa shape index (κ2) is 7.70. The van der Waals surface area contributed by atoms with Crippen molar-refractivity contribution >= 4 is 35.3 Å². The highest BCUT2D eigenvalue weighted by Crippen LogP contribution is 2.31. The van der Waals surface area contributed by atoms with E-state index in [0.717, 1.165) is 31.2 Å². The lowest BCUT2D eigenvalue weighted by Crippen LogP contribution is -2.55. The van der Waals surface area contributed by atoms with Gasteiger partial charge in [-0.25, -0.2) is 9.59 Å². The molecule has 3 N–H and O–H groups in total. The minimum absolute atomic E-state index is 0.00877. The molecule has 1 aromatic carbocycles. The molecule has 3 rings (SSSR count). The maximum atomic E-state index is 12.5. The first-order valence-corrected chi connectivity index (χ1v) is 9.26. The van der Waals surface area contributed by atoms with Crippen LogP contribution in [0.15, 0.2) is 18.2 Å². The van der Waals surface area contributed by atoms with Gasteiger partial charge in [0.15, 0.2) is 0 Å². The molecule has 0 radical (unpaired) electrons. The molecule has 1 aromatic rings. The number of nitrogens with two attached hydrogens (primary N) is 1. The van der Waals surface area contributed by atoms with E-state index in [1.807, 2.05) is 6.07 Å². The van der Waals surface area contributed by atoms with E-state index >= 15 is 0 Å². The lowest BCUT2D eigenvalue weighted by Gasteiger charge is -2.38. The second-order valence-electron chi connectivity index (χ2n) is 6.63. The largest absolute Gasteiger partial charge is 0.351 e. The fraction of sp³-hybridized carbons (Fsp3) is 0.529. The van der Waals surface area contributed by atoms with E-state index in [4.69, 9.17) is 28.9 Å². The molecule has 0 unspecified atom stereocenters. The number of carbonyl (C=O) groups is 2. The summed E-state index contributed by atoms with van der Waals surface area (Å²) in [4.78, 5) is 27.7. The van der Waals surface area contributed by atoms with Crippen molar-refractivity contribution in [2.24, 2.45) is 5.73 Å². The van der Waals surface area contributed by atoms with Gasteiger partial charge in [0.25, 0.3) is 0 Å². The fourth-order valence-corrected chi connectivity index (χ4v) is 3.64. The van der Waals surface area contributed by atoms with E-state index in [1.165, 1.54) is 0 Å². The number of piperidine rings is 1. The van der Waals surface area contributed by atoms with E-state index in [9.17, 15) is 9.59 Å². The Balaban J connectivity index is 1.56. The SMILES string of the molecule is NC(=O)N(C1CC1)[C@@H]1CCCN(C(=O)NCc2ccc(Cl)c(Cl)c2)C1. The summed E-state index contributed by atoms with van der Waals surface area (Å²) in [7, 11) is 0. The molecule has 0 bridgehead atoms. The van der Waals surface area contributed by atoms with Crippen LogP contribution in [0, 0.1) is 0 Å². The van der Waals surface area contributed by atoms with Gasteiger partial charge in [-0.05, 0) is 43.4 Å². The lowest BCUT2D eigenvalue weighted by atomic mass is 10.0. The second-order valence-corrected chi connectivity index (χ2v) is 7.44. The molecule has 1 saturated carbocycles. The Hall–Kier alpha value is -1.66. The van der Waals surface area contributed by atoms with Crippen molar-refractivity contribution in [3.8, 4) is 0 Å². The molecule has 136 valence electrons. The molecule has 0 spiro atoms. The standard InChI is InChI=1S/C17H22Cl2N4O2/c18-14-6-3-11(8-15(14)19)9-21-17(25)22-7-1-2-13(10-22)23(16(20)24)12-4-5-12/h3,6,8,12-13H,1-2,4-5,7,9-10H2,(H2,20,24)(H,21,25)/t13-/m1/s1. The van der Waals surface area contributed by atoms with Gasteiger partial charge >= 0.3 is 12.1 Å². The topological polar surface area (TPSA) is 78.7 Å². The van der Waals surface area contributed by atoms with Gasteiger partial charge in [-0.15, -0.1) is 0 Å². The minimum Gasteiger partial charge on any atom is -0.351 e. The number of hydrogen-bond acceptors (Lipinski definition) is 2.